The van der Waals surface area contributed by atoms with Gasteiger partial charge in [-0.1, -0.05) is 26.8 Å². The summed E-state index contributed by atoms with van der Waals surface area (Å²) in [6, 6.07) is 4.15. The number of pyridine rings is 1. The van der Waals surface area contributed by atoms with Crippen LogP contribution in [0.2, 0.25) is 0 Å². The van der Waals surface area contributed by atoms with E-state index in [1.165, 1.54) is 5.56 Å². The van der Waals surface area contributed by atoms with Gasteiger partial charge in [0.2, 0.25) is 0 Å². The summed E-state index contributed by atoms with van der Waals surface area (Å²) in [6.07, 6.45) is 3.92. The van der Waals surface area contributed by atoms with Crippen molar-refractivity contribution in [3.05, 3.63) is 23.9 Å². The lowest BCUT2D eigenvalue weighted by Crippen LogP contribution is -2.12. The van der Waals surface area contributed by atoms with Gasteiger partial charge in [-0.3, -0.25) is 0 Å². The van der Waals surface area contributed by atoms with E-state index in [1.807, 2.05) is 12.3 Å². The summed E-state index contributed by atoms with van der Waals surface area (Å²) < 4.78 is 0. The monoisotopic (exact) mass is 181 g/mol. The molecule has 0 radical (unpaired) electrons. The van der Waals surface area contributed by atoms with Crippen molar-refractivity contribution in [1.29, 1.82) is 0 Å². The third kappa shape index (κ3) is 2.01. The fourth-order valence-corrected chi connectivity index (χ4v) is 1.88. The summed E-state index contributed by atoms with van der Waals surface area (Å²) in [5, 5.41) is 1.14. The van der Waals surface area contributed by atoms with Crippen LogP contribution < -0.4 is 0 Å². The highest BCUT2D eigenvalue weighted by molar-refractivity contribution is 7.98. The zero-order valence-corrected chi connectivity index (χ0v) is 8.90. The lowest BCUT2D eigenvalue weighted by Gasteiger charge is -2.20. The summed E-state index contributed by atoms with van der Waals surface area (Å²) in [7, 11) is 0. The lowest BCUT2D eigenvalue weighted by molar-refractivity contribution is 0.571. The number of rotatable bonds is 1. The normalized spacial score (nSPS) is 11.7. The minimum atomic E-state index is 0.201. The van der Waals surface area contributed by atoms with Crippen LogP contribution in [0.15, 0.2) is 23.4 Å². The first-order chi connectivity index (χ1) is 5.55. The molecule has 0 bridgehead atoms. The molecule has 0 saturated heterocycles. The Balaban J connectivity index is 3.14. The van der Waals surface area contributed by atoms with Crippen LogP contribution in [0.1, 0.15) is 26.3 Å². The Labute approximate surface area is 78.6 Å². The van der Waals surface area contributed by atoms with Gasteiger partial charge in [-0.05, 0) is 23.3 Å². The van der Waals surface area contributed by atoms with E-state index in [2.05, 4.69) is 38.1 Å². The quantitative estimate of drug-likeness (QED) is 0.617. The third-order valence-corrected chi connectivity index (χ3v) is 2.48. The van der Waals surface area contributed by atoms with E-state index in [0.717, 1.165) is 5.03 Å². The average molecular weight is 181 g/mol. The highest BCUT2D eigenvalue weighted by Crippen LogP contribution is 2.28. The largest absolute Gasteiger partial charge is 0.250 e. The van der Waals surface area contributed by atoms with Crippen molar-refractivity contribution in [2.45, 2.75) is 31.2 Å². The van der Waals surface area contributed by atoms with E-state index in [4.69, 9.17) is 0 Å². The Hall–Kier alpha value is -0.500. The first-order valence-corrected chi connectivity index (χ1v) is 5.27. The molecule has 2 heteroatoms. The molecule has 1 heterocycles. The first kappa shape index (κ1) is 9.59. The van der Waals surface area contributed by atoms with Crippen LogP contribution in [0, 0.1) is 0 Å². The number of hydrogen-bond acceptors (Lipinski definition) is 2. The van der Waals surface area contributed by atoms with Gasteiger partial charge < -0.3 is 0 Å². The SMILES string of the molecule is CSc1ncccc1C(C)(C)C. The first-order valence-electron chi connectivity index (χ1n) is 4.05. The molecule has 0 atom stereocenters. The molecule has 0 aromatic carbocycles. The molecule has 0 saturated carbocycles. The van der Waals surface area contributed by atoms with Gasteiger partial charge in [0.15, 0.2) is 0 Å². The van der Waals surface area contributed by atoms with Gasteiger partial charge in [0, 0.05) is 6.20 Å². The van der Waals surface area contributed by atoms with E-state index in [9.17, 15) is 0 Å². The van der Waals surface area contributed by atoms with E-state index < -0.39 is 0 Å². The van der Waals surface area contributed by atoms with Gasteiger partial charge in [-0.2, -0.15) is 0 Å². The minimum absolute atomic E-state index is 0.201. The maximum atomic E-state index is 4.33. The van der Waals surface area contributed by atoms with Crippen molar-refractivity contribution < 1.29 is 0 Å². The third-order valence-electron chi connectivity index (χ3n) is 1.77. The summed E-state index contributed by atoms with van der Waals surface area (Å²) in [4.78, 5) is 4.33. The predicted molar refractivity (Wildman–Crippen MR) is 54.7 cm³/mol. The molecule has 66 valence electrons. The molecule has 1 nitrogen and oxygen atoms in total. The molecule has 0 spiro atoms. The van der Waals surface area contributed by atoms with Gasteiger partial charge in [0.25, 0.3) is 0 Å². The molecule has 0 aliphatic heterocycles. The van der Waals surface area contributed by atoms with Gasteiger partial charge in [0.1, 0.15) is 0 Å². The van der Waals surface area contributed by atoms with E-state index in [0.29, 0.717) is 0 Å². The maximum absolute atomic E-state index is 4.33. The highest BCUT2D eigenvalue weighted by atomic mass is 32.2. The molecule has 0 amide bonds. The molecule has 1 aromatic heterocycles. The highest BCUT2D eigenvalue weighted by Gasteiger charge is 2.17. The topological polar surface area (TPSA) is 12.9 Å². The van der Waals surface area contributed by atoms with Crippen molar-refractivity contribution in [3.8, 4) is 0 Å². The Bertz CT molecular complexity index is 263. The summed E-state index contributed by atoms with van der Waals surface area (Å²) in [5.41, 5.74) is 1.53. The van der Waals surface area contributed by atoms with Crippen LogP contribution in [0.4, 0.5) is 0 Å². The standard InChI is InChI=1S/C10H15NS/c1-10(2,3)8-6-5-7-11-9(8)12-4/h5-7H,1-4H3. The molecular weight excluding hydrogens is 166 g/mol. The van der Waals surface area contributed by atoms with Crippen LogP contribution in [0.25, 0.3) is 0 Å². The summed E-state index contributed by atoms with van der Waals surface area (Å²) in [6.45, 7) is 6.64. The number of nitrogens with zero attached hydrogens (tertiary/aromatic N) is 1. The van der Waals surface area contributed by atoms with Gasteiger partial charge >= 0.3 is 0 Å². The molecule has 12 heavy (non-hydrogen) atoms. The number of hydrogen-bond donors (Lipinski definition) is 0. The van der Waals surface area contributed by atoms with Gasteiger partial charge in [-0.25, -0.2) is 4.98 Å². The second-order valence-electron chi connectivity index (χ2n) is 3.81. The molecule has 0 fully saturated rings. The van der Waals surface area contributed by atoms with Crippen molar-refractivity contribution in [2.24, 2.45) is 0 Å². The van der Waals surface area contributed by atoms with Crippen LogP contribution in [-0.4, -0.2) is 11.2 Å². The Kier molecular flexibility index (Phi) is 2.78. The summed E-state index contributed by atoms with van der Waals surface area (Å²) in [5.74, 6) is 0. The molecule has 1 aromatic rings. The number of thioether (sulfide) groups is 1. The zero-order valence-electron chi connectivity index (χ0n) is 8.09. The fraction of sp³-hybridized carbons (Fsp3) is 0.500. The molecular formula is C10H15NS. The lowest BCUT2D eigenvalue weighted by atomic mass is 9.88. The zero-order chi connectivity index (χ0) is 9.19. The second-order valence-corrected chi connectivity index (χ2v) is 4.61. The summed E-state index contributed by atoms with van der Waals surface area (Å²) >= 11 is 1.71. The van der Waals surface area contributed by atoms with Crippen LogP contribution >= 0.6 is 11.8 Å². The second kappa shape index (κ2) is 3.48. The van der Waals surface area contributed by atoms with Crippen molar-refractivity contribution in [1.82, 2.24) is 4.98 Å². The fourth-order valence-electron chi connectivity index (χ4n) is 1.12. The average Bonchev–Trinajstić information content (AvgIpc) is 2.03. The Morgan fingerprint density at radius 3 is 2.42 bits per heavy atom. The van der Waals surface area contributed by atoms with Gasteiger partial charge in [0.05, 0.1) is 5.03 Å². The molecule has 0 aliphatic rings. The molecule has 0 aliphatic carbocycles. The van der Waals surface area contributed by atoms with Crippen LogP contribution in [0.5, 0.6) is 0 Å². The van der Waals surface area contributed by atoms with Crippen molar-refractivity contribution in [3.63, 3.8) is 0 Å². The van der Waals surface area contributed by atoms with Crippen LogP contribution in [0.3, 0.4) is 0 Å². The smallest absolute Gasteiger partial charge is 0.0994 e. The van der Waals surface area contributed by atoms with Crippen LogP contribution in [-0.2, 0) is 5.41 Å². The van der Waals surface area contributed by atoms with Crippen molar-refractivity contribution in [2.75, 3.05) is 6.26 Å². The minimum Gasteiger partial charge on any atom is -0.250 e. The van der Waals surface area contributed by atoms with Gasteiger partial charge in [-0.15, -0.1) is 11.8 Å². The predicted octanol–water partition coefficient (Wildman–Crippen LogP) is 3.10. The molecule has 0 unspecified atom stereocenters. The van der Waals surface area contributed by atoms with Crippen molar-refractivity contribution >= 4 is 11.8 Å². The maximum Gasteiger partial charge on any atom is 0.0994 e. The Morgan fingerprint density at radius 2 is 2.00 bits per heavy atom. The van der Waals surface area contributed by atoms with E-state index in [-0.39, 0.29) is 5.41 Å². The molecule has 0 N–H and O–H groups in total. The number of aromatic nitrogens is 1. The Morgan fingerprint density at radius 1 is 1.33 bits per heavy atom. The van der Waals surface area contributed by atoms with E-state index >= 15 is 0 Å². The molecule has 1 rings (SSSR count). The van der Waals surface area contributed by atoms with E-state index in [1.54, 1.807) is 11.8 Å².